The van der Waals surface area contributed by atoms with Crippen LogP contribution in [0.1, 0.15) is 35.2 Å². The number of carbonyl (C=O) groups excluding carboxylic acids is 2. The van der Waals surface area contributed by atoms with Gasteiger partial charge in [0.25, 0.3) is 5.91 Å². The van der Waals surface area contributed by atoms with E-state index in [1.54, 1.807) is 7.11 Å². The van der Waals surface area contributed by atoms with Crippen LogP contribution in [-0.2, 0) is 11.3 Å². The summed E-state index contributed by atoms with van der Waals surface area (Å²) in [6.45, 7) is 1.14. The minimum atomic E-state index is -0.202. The standard InChI is InChI=1S/C20H24N4O3S/c1-27-17-5-3-4-14(10-17)13-24-9-8-16(6-7-18(24)25)23-19(26)15-11-21-20(28-2)22-12-15/h3-5,10-12,16H,6-9,13H2,1-2H3,(H,23,26). The van der Waals surface area contributed by atoms with Crippen molar-refractivity contribution in [2.45, 2.75) is 37.0 Å². The Labute approximate surface area is 168 Å². The number of carbonyl (C=O) groups is 2. The number of thioether (sulfide) groups is 1. The summed E-state index contributed by atoms with van der Waals surface area (Å²) in [5.74, 6) is 0.679. The summed E-state index contributed by atoms with van der Waals surface area (Å²) in [5.41, 5.74) is 1.46. The Balaban J connectivity index is 1.58. The van der Waals surface area contributed by atoms with Crippen molar-refractivity contribution < 1.29 is 14.3 Å². The van der Waals surface area contributed by atoms with Crippen LogP contribution in [0.5, 0.6) is 5.75 Å². The molecule has 3 rings (SSSR count). The van der Waals surface area contributed by atoms with Crippen LogP contribution in [-0.4, -0.2) is 52.6 Å². The van der Waals surface area contributed by atoms with E-state index in [2.05, 4.69) is 15.3 Å². The molecule has 0 spiro atoms. The highest BCUT2D eigenvalue weighted by molar-refractivity contribution is 7.98. The molecule has 1 aliphatic heterocycles. The molecule has 1 aromatic heterocycles. The van der Waals surface area contributed by atoms with Crippen LogP contribution in [0.25, 0.3) is 0 Å². The van der Waals surface area contributed by atoms with Crippen molar-refractivity contribution in [1.29, 1.82) is 0 Å². The molecule has 0 bridgehead atoms. The lowest BCUT2D eigenvalue weighted by atomic mass is 10.1. The third-order valence-corrected chi connectivity index (χ3v) is 5.30. The van der Waals surface area contributed by atoms with Gasteiger partial charge in [-0.2, -0.15) is 0 Å². The monoisotopic (exact) mass is 400 g/mol. The molecular formula is C20H24N4O3S. The number of likely N-dealkylation sites (tertiary alicyclic amines) is 1. The maximum absolute atomic E-state index is 12.5. The summed E-state index contributed by atoms with van der Waals surface area (Å²) in [4.78, 5) is 35.1. The summed E-state index contributed by atoms with van der Waals surface area (Å²) in [5, 5.41) is 3.64. The average Bonchev–Trinajstić information content (AvgIpc) is 2.90. The van der Waals surface area contributed by atoms with Gasteiger partial charge in [-0.05, 0) is 36.8 Å². The van der Waals surface area contributed by atoms with Crippen LogP contribution in [0.2, 0.25) is 0 Å². The van der Waals surface area contributed by atoms with Crippen molar-refractivity contribution in [3.8, 4) is 5.75 Å². The van der Waals surface area contributed by atoms with Gasteiger partial charge in [0.2, 0.25) is 5.91 Å². The first-order valence-corrected chi connectivity index (χ1v) is 10.4. The fourth-order valence-electron chi connectivity index (χ4n) is 3.15. The molecule has 0 radical (unpaired) electrons. The van der Waals surface area contributed by atoms with E-state index >= 15 is 0 Å². The fraction of sp³-hybridized carbons (Fsp3) is 0.400. The largest absolute Gasteiger partial charge is 0.497 e. The lowest BCUT2D eigenvalue weighted by molar-refractivity contribution is -0.131. The van der Waals surface area contributed by atoms with Crippen LogP contribution >= 0.6 is 11.8 Å². The first-order chi connectivity index (χ1) is 13.6. The molecule has 1 saturated heterocycles. The summed E-state index contributed by atoms with van der Waals surface area (Å²) in [6.07, 6.45) is 6.70. The molecule has 148 valence electrons. The van der Waals surface area contributed by atoms with Crippen LogP contribution in [0.3, 0.4) is 0 Å². The highest BCUT2D eigenvalue weighted by atomic mass is 32.2. The Hall–Kier alpha value is -2.61. The minimum Gasteiger partial charge on any atom is -0.497 e. The maximum atomic E-state index is 12.5. The first kappa shape index (κ1) is 20.1. The zero-order valence-electron chi connectivity index (χ0n) is 16.1. The molecule has 2 aromatic rings. The quantitative estimate of drug-likeness (QED) is 0.592. The van der Waals surface area contributed by atoms with Crippen molar-refractivity contribution in [2.24, 2.45) is 0 Å². The van der Waals surface area contributed by atoms with Gasteiger partial charge in [0.15, 0.2) is 5.16 Å². The van der Waals surface area contributed by atoms with E-state index in [4.69, 9.17) is 4.74 Å². The predicted octanol–water partition coefficient (Wildman–Crippen LogP) is 2.52. The van der Waals surface area contributed by atoms with Crippen LogP contribution in [0.4, 0.5) is 0 Å². The molecule has 7 nitrogen and oxygen atoms in total. The number of benzene rings is 1. The van der Waals surface area contributed by atoms with Crippen molar-refractivity contribution in [3.63, 3.8) is 0 Å². The number of nitrogens with zero attached hydrogens (tertiary/aromatic N) is 3. The molecule has 0 saturated carbocycles. The third-order valence-electron chi connectivity index (χ3n) is 4.72. The molecule has 1 aromatic carbocycles. The van der Waals surface area contributed by atoms with Gasteiger partial charge in [0.1, 0.15) is 5.75 Å². The smallest absolute Gasteiger partial charge is 0.254 e. The molecule has 2 heterocycles. The topological polar surface area (TPSA) is 84.4 Å². The Morgan fingerprint density at radius 3 is 2.82 bits per heavy atom. The summed E-state index contributed by atoms with van der Waals surface area (Å²) in [6, 6.07) is 7.68. The van der Waals surface area contributed by atoms with E-state index in [9.17, 15) is 9.59 Å². The molecular weight excluding hydrogens is 376 g/mol. The predicted molar refractivity (Wildman–Crippen MR) is 107 cm³/mol. The lowest BCUT2D eigenvalue weighted by Crippen LogP contribution is -2.36. The van der Waals surface area contributed by atoms with Gasteiger partial charge in [-0.3, -0.25) is 9.59 Å². The first-order valence-electron chi connectivity index (χ1n) is 9.16. The molecule has 1 aliphatic rings. The Morgan fingerprint density at radius 1 is 1.32 bits per heavy atom. The number of amides is 2. The van der Waals surface area contributed by atoms with E-state index in [1.807, 2.05) is 35.4 Å². The molecule has 1 fully saturated rings. The van der Waals surface area contributed by atoms with Gasteiger partial charge in [0, 0.05) is 37.9 Å². The van der Waals surface area contributed by atoms with Crippen LogP contribution < -0.4 is 10.1 Å². The van der Waals surface area contributed by atoms with Crippen LogP contribution in [0.15, 0.2) is 41.8 Å². The second kappa shape index (κ2) is 9.54. The van der Waals surface area contributed by atoms with Crippen molar-refractivity contribution >= 4 is 23.6 Å². The summed E-state index contributed by atoms with van der Waals surface area (Å²) >= 11 is 1.43. The van der Waals surface area contributed by atoms with Crippen molar-refractivity contribution in [1.82, 2.24) is 20.2 Å². The molecule has 1 atom stereocenters. The fourth-order valence-corrected chi connectivity index (χ4v) is 3.46. The van der Waals surface area contributed by atoms with Crippen molar-refractivity contribution in [2.75, 3.05) is 19.9 Å². The Kier molecular flexibility index (Phi) is 6.86. The number of nitrogens with one attached hydrogen (secondary N) is 1. The summed E-state index contributed by atoms with van der Waals surface area (Å²) < 4.78 is 5.25. The minimum absolute atomic E-state index is 0.0491. The van der Waals surface area contributed by atoms with Crippen LogP contribution in [0, 0.1) is 0 Å². The molecule has 1 N–H and O–H groups in total. The maximum Gasteiger partial charge on any atom is 0.254 e. The lowest BCUT2D eigenvalue weighted by Gasteiger charge is -2.21. The third kappa shape index (κ3) is 5.22. The SMILES string of the molecule is COc1cccc(CN2CCC(NC(=O)c3cnc(SC)nc3)CCC2=O)c1. The second-order valence-corrected chi connectivity index (χ2v) is 7.40. The number of aromatic nitrogens is 2. The number of hydrogen-bond donors (Lipinski definition) is 1. The highest BCUT2D eigenvalue weighted by Crippen LogP contribution is 2.19. The van der Waals surface area contributed by atoms with Gasteiger partial charge in [-0.1, -0.05) is 23.9 Å². The normalized spacial score (nSPS) is 17.1. The van der Waals surface area contributed by atoms with E-state index in [-0.39, 0.29) is 17.9 Å². The van der Waals surface area contributed by atoms with Gasteiger partial charge in [-0.25, -0.2) is 9.97 Å². The number of ether oxygens (including phenoxy) is 1. The van der Waals surface area contributed by atoms with E-state index in [0.717, 1.165) is 11.3 Å². The van der Waals surface area contributed by atoms with E-state index in [1.165, 1.54) is 24.2 Å². The summed E-state index contributed by atoms with van der Waals surface area (Å²) in [7, 11) is 1.63. The zero-order chi connectivity index (χ0) is 19.9. The van der Waals surface area contributed by atoms with E-state index < -0.39 is 0 Å². The number of hydrogen-bond acceptors (Lipinski definition) is 6. The molecule has 0 aliphatic carbocycles. The number of methoxy groups -OCH3 is 1. The second-order valence-electron chi connectivity index (χ2n) is 6.62. The molecule has 28 heavy (non-hydrogen) atoms. The van der Waals surface area contributed by atoms with Gasteiger partial charge in [-0.15, -0.1) is 0 Å². The molecule has 1 unspecified atom stereocenters. The van der Waals surface area contributed by atoms with Crippen molar-refractivity contribution in [3.05, 3.63) is 47.8 Å². The average molecular weight is 401 g/mol. The number of rotatable bonds is 6. The Bertz CT molecular complexity index is 828. The van der Waals surface area contributed by atoms with E-state index in [0.29, 0.717) is 43.1 Å². The highest BCUT2D eigenvalue weighted by Gasteiger charge is 2.24. The zero-order valence-corrected chi connectivity index (χ0v) is 16.9. The van der Waals surface area contributed by atoms with Gasteiger partial charge in [0.05, 0.1) is 12.7 Å². The molecule has 8 heteroatoms. The van der Waals surface area contributed by atoms with Gasteiger partial charge >= 0.3 is 0 Å². The molecule has 2 amide bonds. The Morgan fingerprint density at radius 2 is 2.11 bits per heavy atom. The van der Waals surface area contributed by atoms with Gasteiger partial charge < -0.3 is 15.0 Å².